The largest absolute Gasteiger partial charge is 0.443 e. The first-order valence-electron chi connectivity index (χ1n) is 5.84. The maximum absolute atomic E-state index is 11.8. The zero-order valence-corrected chi connectivity index (χ0v) is 12.7. The molecule has 0 spiro atoms. The van der Waals surface area contributed by atoms with Crippen LogP contribution in [0.1, 0.15) is 5.56 Å². The number of carbonyl (C=O) groups is 1. The fourth-order valence-electron chi connectivity index (χ4n) is 1.69. The molecule has 0 radical (unpaired) electrons. The van der Waals surface area contributed by atoms with E-state index in [-0.39, 0.29) is 19.8 Å². The van der Waals surface area contributed by atoms with E-state index in [1.165, 1.54) is 0 Å². The molecule has 0 saturated carbocycles. The molecular formula is C13H12Cl3NO3. The van der Waals surface area contributed by atoms with E-state index >= 15 is 0 Å². The zero-order valence-electron chi connectivity index (χ0n) is 10.4. The molecule has 108 valence electrons. The lowest BCUT2D eigenvalue weighted by atomic mass is 10.1. The Balaban J connectivity index is 1.96. The molecule has 0 unspecified atom stereocenters. The summed E-state index contributed by atoms with van der Waals surface area (Å²) < 4.78 is 3.23. The Labute approximate surface area is 131 Å². The highest BCUT2D eigenvalue weighted by Crippen LogP contribution is 2.26. The van der Waals surface area contributed by atoms with Crippen LogP contribution in [0, 0.1) is 0 Å². The number of nitrogens with zero attached hydrogens (tertiary/aromatic N) is 1. The third kappa shape index (κ3) is 4.56. The average molecular weight is 337 g/mol. The molecule has 0 aromatic heterocycles. The van der Waals surface area contributed by atoms with Crippen LogP contribution in [0.2, 0.25) is 0 Å². The molecule has 0 aliphatic carbocycles. The molecule has 20 heavy (non-hydrogen) atoms. The first-order valence-corrected chi connectivity index (χ1v) is 6.97. The second-order valence-corrected chi connectivity index (χ2v) is 6.61. The van der Waals surface area contributed by atoms with Crippen LogP contribution in [0.3, 0.4) is 0 Å². The predicted molar refractivity (Wildman–Crippen MR) is 78.7 cm³/mol. The zero-order chi connectivity index (χ0) is 14.6. The number of rotatable bonds is 2. The minimum absolute atomic E-state index is 0.280. The molecule has 0 bridgehead atoms. The van der Waals surface area contributed by atoms with Gasteiger partial charge in [-0.1, -0.05) is 71.2 Å². The number of hydrogen-bond acceptors (Lipinski definition) is 3. The van der Waals surface area contributed by atoms with E-state index in [0.717, 1.165) is 16.2 Å². The van der Waals surface area contributed by atoms with Crippen LogP contribution < -0.4 is 0 Å². The van der Waals surface area contributed by atoms with Crippen LogP contribution in [0.25, 0.3) is 5.57 Å². The van der Waals surface area contributed by atoms with E-state index in [9.17, 15) is 4.79 Å². The van der Waals surface area contributed by atoms with Gasteiger partial charge in [-0.15, -0.1) is 0 Å². The number of hydrogen-bond donors (Lipinski definition) is 0. The first-order chi connectivity index (χ1) is 9.46. The summed E-state index contributed by atoms with van der Waals surface area (Å²) in [5.74, 6) is 0. The van der Waals surface area contributed by atoms with Crippen LogP contribution in [-0.2, 0) is 9.57 Å². The summed E-state index contributed by atoms with van der Waals surface area (Å²) in [4.78, 5) is 17.0. The molecule has 0 fully saturated rings. The van der Waals surface area contributed by atoms with E-state index in [1.54, 1.807) is 0 Å². The highest BCUT2D eigenvalue weighted by Gasteiger charge is 2.26. The number of halogens is 3. The average Bonchev–Trinajstić information content (AvgIpc) is 2.45. The van der Waals surface area contributed by atoms with Crippen molar-refractivity contribution in [1.29, 1.82) is 0 Å². The molecule has 2 rings (SSSR count). The molecule has 7 heteroatoms. The molecular weight excluding hydrogens is 325 g/mol. The maximum atomic E-state index is 11.8. The number of carbonyl (C=O) groups excluding carboxylic acids is 1. The fraction of sp³-hybridized carbons (Fsp3) is 0.308. The van der Waals surface area contributed by atoms with Crippen LogP contribution in [0.15, 0.2) is 36.4 Å². The van der Waals surface area contributed by atoms with Crippen molar-refractivity contribution in [3.8, 4) is 0 Å². The Morgan fingerprint density at radius 1 is 1.30 bits per heavy atom. The Hall–Kier alpha value is -0.940. The van der Waals surface area contributed by atoms with Crippen molar-refractivity contribution >= 4 is 46.5 Å². The van der Waals surface area contributed by atoms with Crippen molar-refractivity contribution in [3.05, 3.63) is 42.0 Å². The monoisotopic (exact) mass is 335 g/mol. The lowest BCUT2D eigenvalue weighted by Crippen LogP contribution is -2.37. The standard InChI is InChI=1S/C13H12Cl3NO3/c14-13(15,16)9-19-12(18)17-8-11(6-7-20-17)10-4-2-1-3-5-10/h1-6H,7-9H2. The van der Waals surface area contributed by atoms with Gasteiger partial charge < -0.3 is 4.74 Å². The van der Waals surface area contributed by atoms with Gasteiger partial charge in [0.25, 0.3) is 0 Å². The van der Waals surface area contributed by atoms with Gasteiger partial charge in [0.2, 0.25) is 3.79 Å². The third-order valence-electron chi connectivity index (χ3n) is 2.58. The van der Waals surface area contributed by atoms with E-state index in [4.69, 9.17) is 44.4 Å². The van der Waals surface area contributed by atoms with Crippen molar-refractivity contribution in [2.24, 2.45) is 0 Å². The Bertz CT molecular complexity index is 499. The van der Waals surface area contributed by atoms with E-state index in [0.29, 0.717) is 0 Å². The quantitative estimate of drug-likeness (QED) is 0.771. The number of hydroxylamine groups is 2. The van der Waals surface area contributed by atoms with Gasteiger partial charge in [0.1, 0.15) is 6.61 Å². The van der Waals surface area contributed by atoms with Crippen LogP contribution >= 0.6 is 34.8 Å². The molecule has 1 aromatic carbocycles. The minimum Gasteiger partial charge on any atom is -0.443 e. The van der Waals surface area contributed by atoms with Gasteiger partial charge in [-0.05, 0) is 11.1 Å². The molecule has 1 amide bonds. The van der Waals surface area contributed by atoms with E-state index < -0.39 is 9.89 Å². The smallest absolute Gasteiger partial charge is 0.434 e. The Morgan fingerprint density at radius 2 is 2.00 bits per heavy atom. The lowest BCUT2D eigenvalue weighted by molar-refractivity contribution is -0.122. The number of amides is 1. The van der Waals surface area contributed by atoms with Crippen molar-refractivity contribution in [2.75, 3.05) is 19.8 Å². The third-order valence-corrected chi connectivity index (χ3v) is 2.91. The second-order valence-electron chi connectivity index (χ2n) is 4.10. The van der Waals surface area contributed by atoms with Gasteiger partial charge in [0.05, 0.1) is 13.2 Å². The summed E-state index contributed by atoms with van der Waals surface area (Å²) in [7, 11) is 0. The predicted octanol–water partition coefficient (Wildman–Crippen LogP) is 3.82. The molecule has 1 heterocycles. The van der Waals surface area contributed by atoms with Gasteiger partial charge in [0, 0.05) is 0 Å². The number of ether oxygens (including phenoxy) is 1. The summed E-state index contributed by atoms with van der Waals surface area (Å²) >= 11 is 16.6. The van der Waals surface area contributed by atoms with Gasteiger partial charge in [-0.3, -0.25) is 4.84 Å². The molecule has 0 N–H and O–H groups in total. The van der Waals surface area contributed by atoms with Crippen molar-refractivity contribution in [1.82, 2.24) is 5.06 Å². The summed E-state index contributed by atoms with van der Waals surface area (Å²) in [5.41, 5.74) is 2.00. The minimum atomic E-state index is -1.64. The summed E-state index contributed by atoms with van der Waals surface area (Å²) in [6, 6.07) is 9.70. The van der Waals surface area contributed by atoms with Crippen molar-refractivity contribution in [3.63, 3.8) is 0 Å². The highest BCUT2D eigenvalue weighted by atomic mass is 35.6. The number of benzene rings is 1. The molecule has 1 aromatic rings. The van der Waals surface area contributed by atoms with Gasteiger partial charge in [-0.2, -0.15) is 5.06 Å². The summed E-state index contributed by atoms with van der Waals surface area (Å²) in [6.07, 6.45) is 1.23. The van der Waals surface area contributed by atoms with Gasteiger partial charge in [0.15, 0.2) is 0 Å². The van der Waals surface area contributed by atoms with Gasteiger partial charge >= 0.3 is 6.09 Å². The molecule has 1 aliphatic heterocycles. The first kappa shape index (κ1) is 15.4. The van der Waals surface area contributed by atoms with Crippen LogP contribution in [0.4, 0.5) is 4.79 Å². The molecule has 4 nitrogen and oxygen atoms in total. The Kier molecular flexibility index (Phi) is 5.16. The van der Waals surface area contributed by atoms with Crippen LogP contribution in [0.5, 0.6) is 0 Å². The second kappa shape index (κ2) is 6.68. The summed E-state index contributed by atoms with van der Waals surface area (Å²) in [6.45, 7) is 0.233. The lowest BCUT2D eigenvalue weighted by Gasteiger charge is -2.26. The molecule has 0 atom stereocenters. The summed E-state index contributed by atoms with van der Waals surface area (Å²) in [5, 5.41) is 1.11. The number of alkyl halides is 3. The molecule has 0 saturated heterocycles. The van der Waals surface area contributed by atoms with E-state index in [1.807, 2.05) is 36.4 Å². The maximum Gasteiger partial charge on any atom is 0.434 e. The van der Waals surface area contributed by atoms with Crippen molar-refractivity contribution < 1.29 is 14.4 Å². The highest BCUT2D eigenvalue weighted by molar-refractivity contribution is 6.67. The molecule has 1 aliphatic rings. The normalized spacial score (nSPS) is 15.8. The SMILES string of the molecule is O=C(OCC(Cl)(Cl)Cl)N1CC(c2ccccc2)=CCO1. The van der Waals surface area contributed by atoms with Crippen LogP contribution in [-0.4, -0.2) is 34.7 Å². The fourth-order valence-corrected chi connectivity index (χ4v) is 1.85. The van der Waals surface area contributed by atoms with Crippen molar-refractivity contribution in [2.45, 2.75) is 3.79 Å². The Morgan fingerprint density at radius 3 is 2.65 bits per heavy atom. The van der Waals surface area contributed by atoms with E-state index in [2.05, 4.69) is 0 Å². The topological polar surface area (TPSA) is 38.8 Å². The van der Waals surface area contributed by atoms with Gasteiger partial charge in [-0.25, -0.2) is 4.79 Å².